The average molecular weight is 260 g/mol. The Bertz CT molecular complexity index is 455. The van der Waals surface area contributed by atoms with Crippen LogP contribution in [0.4, 0.5) is 0 Å². The highest BCUT2D eigenvalue weighted by molar-refractivity contribution is 5.80. The van der Waals surface area contributed by atoms with Crippen molar-refractivity contribution >= 4 is 12.0 Å². The van der Waals surface area contributed by atoms with Crippen molar-refractivity contribution in [1.82, 2.24) is 0 Å². The zero-order valence-corrected chi connectivity index (χ0v) is 11.4. The highest BCUT2D eigenvalue weighted by Crippen LogP contribution is 2.17. The second-order valence-electron chi connectivity index (χ2n) is 4.27. The SMILES string of the molecule is CCCCC(/C=C/C(=O)O)=C\c1ccc(OC)cc1. The summed E-state index contributed by atoms with van der Waals surface area (Å²) >= 11 is 0. The summed E-state index contributed by atoms with van der Waals surface area (Å²) in [4.78, 5) is 10.6. The Morgan fingerprint density at radius 1 is 1.26 bits per heavy atom. The summed E-state index contributed by atoms with van der Waals surface area (Å²) in [7, 11) is 1.63. The van der Waals surface area contributed by atoms with Gasteiger partial charge in [0.1, 0.15) is 5.75 Å². The summed E-state index contributed by atoms with van der Waals surface area (Å²) in [6.45, 7) is 2.12. The van der Waals surface area contributed by atoms with Gasteiger partial charge in [-0.15, -0.1) is 0 Å². The van der Waals surface area contributed by atoms with Crippen LogP contribution in [-0.2, 0) is 4.79 Å². The molecule has 1 rings (SSSR count). The van der Waals surface area contributed by atoms with Gasteiger partial charge in [0.05, 0.1) is 7.11 Å². The summed E-state index contributed by atoms with van der Waals surface area (Å²) in [5, 5.41) is 8.69. The number of hydrogen-bond acceptors (Lipinski definition) is 2. The van der Waals surface area contributed by atoms with Crippen LogP contribution in [0.2, 0.25) is 0 Å². The molecule has 0 aliphatic heterocycles. The van der Waals surface area contributed by atoms with Crippen LogP contribution in [0.5, 0.6) is 5.75 Å². The lowest BCUT2D eigenvalue weighted by molar-refractivity contribution is -0.131. The third-order valence-electron chi connectivity index (χ3n) is 2.73. The normalized spacial score (nSPS) is 11.8. The van der Waals surface area contributed by atoms with Gasteiger partial charge in [0.25, 0.3) is 0 Å². The fourth-order valence-electron chi connectivity index (χ4n) is 1.68. The summed E-state index contributed by atoms with van der Waals surface area (Å²) < 4.78 is 5.11. The number of carbonyl (C=O) groups is 1. The second kappa shape index (κ2) is 8.14. The quantitative estimate of drug-likeness (QED) is 0.597. The van der Waals surface area contributed by atoms with Crippen molar-refractivity contribution in [2.75, 3.05) is 7.11 Å². The van der Waals surface area contributed by atoms with Crippen LogP contribution in [0.25, 0.3) is 6.08 Å². The lowest BCUT2D eigenvalue weighted by Gasteiger charge is -2.03. The van der Waals surface area contributed by atoms with E-state index in [0.717, 1.165) is 36.1 Å². The van der Waals surface area contributed by atoms with E-state index in [2.05, 4.69) is 6.92 Å². The zero-order valence-electron chi connectivity index (χ0n) is 11.4. The van der Waals surface area contributed by atoms with E-state index < -0.39 is 5.97 Å². The van der Waals surface area contributed by atoms with E-state index in [-0.39, 0.29) is 0 Å². The molecule has 0 atom stereocenters. The topological polar surface area (TPSA) is 46.5 Å². The molecular weight excluding hydrogens is 240 g/mol. The molecule has 3 nitrogen and oxygen atoms in total. The van der Waals surface area contributed by atoms with Gasteiger partial charge in [-0.05, 0) is 36.1 Å². The molecule has 1 aromatic carbocycles. The molecule has 0 heterocycles. The van der Waals surface area contributed by atoms with Crippen molar-refractivity contribution in [2.45, 2.75) is 26.2 Å². The van der Waals surface area contributed by atoms with Gasteiger partial charge in [-0.3, -0.25) is 0 Å². The van der Waals surface area contributed by atoms with Crippen molar-refractivity contribution in [3.05, 3.63) is 47.6 Å². The number of benzene rings is 1. The van der Waals surface area contributed by atoms with Gasteiger partial charge in [0.15, 0.2) is 0 Å². The van der Waals surface area contributed by atoms with E-state index >= 15 is 0 Å². The molecule has 0 spiro atoms. The van der Waals surface area contributed by atoms with Crippen molar-refractivity contribution in [3.63, 3.8) is 0 Å². The molecule has 0 saturated heterocycles. The summed E-state index contributed by atoms with van der Waals surface area (Å²) in [5.74, 6) is -0.106. The second-order valence-corrected chi connectivity index (χ2v) is 4.27. The maximum Gasteiger partial charge on any atom is 0.328 e. The minimum atomic E-state index is -0.919. The number of allylic oxidation sites excluding steroid dienone is 2. The van der Waals surface area contributed by atoms with Crippen LogP contribution in [0.15, 0.2) is 42.0 Å². The van der Waals surface area contributed by atoms with E-state index in [1.165, 1.54) is 6.08 Å². The molecule has 0 unspecified atom stereocenters. The molecule has 19 heavy (non-hydrogen) atoms. The third-order valence-corrected chi connectivity index (χ3v) is 2.73. The number of aliphatic carboxylic acids is 1. The smallest absolute Gasteiger partial charge is 0.328 e. The molecule has 102 valence electrons. The molecule has 1 N–H and O–H groups in total. The maximum absolute atomic E-state index is 10.6. The van der Waals surface area contributed by atoms with E-state index in [9.17, 15) is 4.79 Å². The lowest BCUT2D eigenvalue weighted by Crippen LogP contribution is -1.88. The average Bonchev–Trinajstić information content (AvgIpc) is 2.42. The van der Waals surface area contributed by atoms with E-state index in [1.807, 2.05) is 30.3 Å². The fourth-order valence-corrected chi connectivity index (χ4v) is 1.68. The fraction of sp³-hybridized carbons (Fsp3) is 0.312. The van der Waals surface area contributed by atoms with Crippen molar-refractivity contribution in [3.8, 4) is 5.75 Å². The molecule has 1 aromatic rings. The summed E-state index contributed by atoms with van der Waals surface area (Å²) in [6, 6.07) is 7.70. The number of unbranched alkanes of at least 4 members (excludes halogenated alkanes) is 1. The van der Waals surface area contributed by atoms with Gasteiger partial charge >= 0.3 is 5.97 Å². The van der Waals surface area contributed by atoms with Crippen LogP contribution < -0.4 is 4.74 Å². The van der Waals surface area contributed by atoms with Crippen LogP contribution in [0, 0.1) is 0 Å². The van der Waals surface area contributed by atoms with Crippen molar-refractivity contribution < 1.29 is 14.6 Å². The van der Waals surface area contributed by atoms with Crippen LogP contribution in [-0.4, -0.2) is 18.2 Å². The van der Waals surface area contributed by atoms with Gasteiger partial charge in [-0.2, -0.15) is 0 Å². The van der Waals surface area contributed by atoms with Crippen molar-refractivity contribution in [1.29, 1.82) is 0 Å². The third kappa shape index (κ3) is 5.91. The Balaban J connectivity index is 2.87. The monoisotopic (exact) mass is 260 g/mol. The molecule has 0 amide bonds. The highest BCUT2D eigenvalue weighted by Gasteiger charge is 1.97. The number of hydrogen-bond donors (Lipinski definition) is 1. The highest BCUT2D eigenvalue weighted by atomic mass is 16.5. The van der Waals surface area contributed by atoms with Crippen molar-refractivity contribution in [2.24, 2.45) is 0 Å². The first-order chi connectivity index (χ1) is 9.15. The van der Waals surface area contributed by atoms with E-state index in [4.69, 9.17) is 9.84 Å². The molecular formula is C16H20O3. The Morgan fingerprint density at radius 3 is 2.47 bits per heavy atom. The Kier molecular flexibility index (Phi) is 6.44. The first-order valence-electron chi connectivity index (χ1n) is 6.41. The Hall–Kier alpha value is -2.03. The molecule has 0 aromatic heterocycles. The predicted octanol–water partition coefficient (Wildman–Crippen LogP) is 3.91. The van der Waals surface area contributed by atoms with Gasteiger partial charge in [0.2, 0.25) is 0 Å². The molecule has 0 aliphatic rings. The van der Waals surface area contributed by atoms with Crippen LogP contribution in [0.3, 0.4) is 0 Å². The number of carboxylic acids is 1. The van der Waals surface area contributed by atoms with Gasteiger partial charge in [-0.25, -0.2) is 4.79 Å². The molecule has 0 bridgehead atoms. The van der Waals surface area contributed by atoms with E-state index in [1.54, 1.807) is 13.2 Å². The molecule has 3 heteroatoms. The summed E-state index contributed by atoms with van der Waals surface area (Å²) in [5.41, 5.74) is 2.07. The minimum Gasteiger partial charge on any atom is -0.497 e. The molecule has 0 radical (unpaired) electrons. The zero-order chi connectivity index (χ0) is 14.1. The first-order valence-corrected chi connectivity index (χ1v) is 6.41. The maximum atomic E-state index is 10.6. The van der Waals surface area contributed by atoms with Crippen LogP contribution >= 0.6 is 0 Å². The van der Waals surface area contributed by atoms with E-state index in [0.29, 0.717) is 0 Å². The number of rotatable bonds is 7. The predicted molar refractivity (Wildman–Crippen MR) is 77.3 cm³/mol. The molecule has 0 fully saturated rings. The largest absolute Gasteiger partial charge is 0.497 e. The van der Waals surface area contributed by atoms with Gasteiger partial charge in [-0.1, -0.05) is 37.6 Å². The number of carboxylic acid groups (broad SMARTS) is 1. The lowest BCUT2D eigenvalue weighted by atomic mass is 10.0. The first kappa shape index (κ1) is 15.0. The standard InChI is InChI=1S/C16H20O3/c1-3-4-5-13(8-11-16(17)18)12-14-6-9-15(19-2)10-7-14/h6-12H,3-5H2,1-2H3,(H,17,18)/b11-8+,13-12+. The van der Waals surface area contributed by atoms with Crippen LogP contribution in [0.1, 0.15) is 31.7 Å². The number of methoxy groups -OCH3 is 1. The van der Waals surface area contributed by atoms with Gasteiger partial charge < -0.3 is 9.84 Å². The Morgan fingerprint density at radius 2 is 1.95 bits per heavy atom. The summed E-state index contributed by atoms with van der Waals surface area (Å²) in [6.07, 6.45) is 7.88. The van der Waals surface area contributed by atoms with Gasteiger partial charge in [0, 0.05) is 6.08 Å². The minimum absolute atomic E-state index is 0.813. The molecule has 0 saturated carbocycles. The number of ether oxygens (including phenoxy) is 1. The molecule has 0 aliphatic carbocycles. The Labute approximate surface area is 114 Å².